The minimum absolute atomic E-state index is 0.0632. The second kappa shape index (κ2) is 47.1. The second-order valence-electron chi connectivity index (χ2n) is 17.6. The Labute approximate surface area is 366 Å². The van der Waals surface area contributed by atoms with Gasteiger partial charge in [-0.1, -0.05) is 211 Å². The molecular weight excluding hydrogens is 731 g/mol. The number of unbranched alkanes of at least 4 members (excludes halogenated alkanes) is 29. The van der Waals surface area contributed by atoms with E-state index in [0.29, 0.717) is 19.3 Å². The molecule has 0 aromatic carbocycles. The minimum Gasteiger partial charge on any atom is -0.462 e. The Balaban J connectivity index is 4.62. The third-order valence-electron chi connectivity index (χ3n) is 11.7. The largest absolute Gasteiger partial charge is 0.462 e. The molecule has 3 atom stereocenters. The predicted octanol–water partition coefficient (Wildman–Crippen LogP) is 15.3. The van der Waals surface area contributed by atoms with E-state index in [1.165, 1.54) is 141 Å². The van der Waals surface area contributed by atoms with E-state index in [1.807, 2.05) is 0 Å². The predicted molar refractivity (Wildman–Crippen MR) is 255 cm³/mol. The van der Waals surface area contributed by atoms with Crippen molar-refractivity contribution in [1.82, 2.24) is 5.32 Å². The number of allylic oxidation sites excluding steroid dienone is 6. The molecule has 1 amide bonds. The standard InChI is InChI=1S/C53H99NO5/c1-4-7-10-13-16-19-21-23-25-27-29-31-34-37-40-43-46-53(58)59-49(44-41-38-35-33-30-28-26-24-22-20-17-14-11-8-5-2)47-52(57)54-50(48-55)51(56)45-42-39-36-32-18-15-12-9-6-3/h24-27,29,31,49-51,55-56H,4-23,28,30,32-48H2,1-3H3,(H,54,57)/b26-24+,27-25+,31-29+. The first-order valence-electron chi connectivity index (χ1n) is 25.7. The second-order valence-corrected chi connectivity index (χ2v) is 17.6. The van der Waals surface area contributed by atoms with E-state index in [0.717, 1.165) is 77.0 Å². The van der Waals surface area contributed by atoms with Gasteiger partial charge in [-0.3, -0.25) is 9.59 Å². The van der Waals surface area contributed by atoms with Crippen LogP contribution >= 0.6 is 0 Å². The van der Waals surface area contributed by atoms with Gasteiger partial charge in [0.15, 0.2) is 0 Å². The summed E-state index contributed by atoms with van der Waals surface area (Å²) in [6.07, 6.45) is 54.9. The zero-order valence-corrected chi connectivity index (χ0v) is 39.4. The third kappa shape index (κ3) is 42.6. The van der Waals surface area contributed by atoms with Gasteiger partial charge in [-0.2, -0.15) is 0 Å². The van der Waals surface area contributed by atoms with Crippen molar-refractivity contribution in [2.45, 2.75) is 283 Å². The molecule has 0 aromatic heterocycles. The topological polar surface area (TPSA) is 95.9 Å². The molecule has 0 rings (SSSR count). The molecule has 6 nitrogen and oxygen atoms in total. The molecule has 346 valence electrons. The van der Waals surface area contributed by atoms with Gasteiger partial charge in [0, 0.05) is 6.42 Å². The number of carbonyl (C=O) groups is 2. The van der Waals surface area contributed by atoms with Crippen molar-refractivity contribution in [3.63, 3.8) is 0 Å². The van der Waals surface area contributed by atoms with Crippen LogP contribution in [0.2, 0.25) is 0 Å². The van der Waals surface area contributed by atoms with Gasteiger partial charge in [0.2, 0.25) is 5.91 Å². The Kier molecular flexibility index (Phi) is 45.6. The Hall–Kier alpha value is -1.92. The van der Waals surface area contributed by atoms with E-state index < -0.39 is 18.2 Å². The van der Waals surface area contributed by atoms with Gasteiger partial charge in [-0.05, 0) is 77.0 Å². The van der Waals surface area contributed by atoms with Crippen LogP contribution in [-0.2, 0) is 14.3 Å². The molecule has 0 bridgehead atoms. The number of carbonyl (C=O) groups excluding carboxylic acids is 2. The van der Waals surface area contributed by atoms with Gasteiger partial charge < -0.3 is 20.3 Å². The van der Waals surface area contributed by atoms with Gasteiger partial charge in [0.05, 0.1) is 25.2 Å². The van der Waals surface area contributed by atoms with Crippen molar-refractivity contribution in [2.24, 2.45) is 0 Å². The van der Waals surface area contributed by atoms with Gasteiger partial charge in [0.1, 0.15) is 6.10 Å². The zero-order chi connectivity index (χ0) is 43.1. The molecule has 0 heterocycles. The summed E-state index contributed by atoms with van der Waals surface area (Å²) in [7, 11) is 0. The molecule has 0 aliphatic rings. The number of nitrogens with one attached hydrogen (secondary N) is 1. The summed E-state index contributed by atoms with van der Waals surface area (Å²) < 4.78 is 5.92. The van der Waals surface area contributed by atoms with Crippen LogP contribution in [0.3, 0.4) is 0 Å². The van der Waals surface area contributed by atoms with E-state index in [9.17, 15) is 19.8 Å². The van der Waals surface area contributed by atoms with Crippen molar-refractivity contribution >= 4 is 11.9 Å². The summed E-state index contributed by atoms with van der Waals surface area (Å²) in [6, 6.07) is -0.706. The number of esters is 1. The average Bonchev–Trinajstić information content (AvgIpc) is 3.23. The number of hydrogen-bond donors (Lipinski definition) is 3. The number of ether oxygens (including phenoxy) is 1. The van der Waals surface area contributed by atoms with Crippen molar-refractivity contribution in [3.05, 3.63) is 36.5 Å². The maximum Gasteiger partial charge on any atom is 0.306 e. The number of amides is 1. The highest BCUT2D eigenvalue weighted by Gasteiger charge is 2.24. The first-order chi connectivity index (χ1) is 29.0. The van der Waals surface area contributed by atoms with Crippen LogP contribution in [0.4, 0.5) is 0 Å². The molecular formula is C53H99NO5. The Morgan fingerprint density at radius 3 is 1.31 bits per heavy atom. The molecule has 0 saturated heterocycles. The van der Waals surface area contributed by atoms with Crippen LogP contribution < -0.4 is 5.32 Å². The molecule has 0 aliphatic carbocycles. The quantitative estimate of drug-likeness (QED) is 0.0246. The summed E-state index contributed by atoms with van der Waals surface area (Å²) in [6.45, 7) is 6.45. The van der Waals surface area contributed by atoms with Gasteiger partial charge in [0.25, 0.3) is 0 Å². The van der Waals surface area contributed by atoms with Crippen molar-refractivity contribution < 1.29 is 24.5 Å². The smallest absolute Gasteiger partial charge is 0.306 e. The Bertz CT molecular complexity index is 977. The lowest BCUT2D eigenvalue weighted by Gasteiger charge is -2.24. The van der Waals surface area contributed by atoms with Crippen molar-refractivity contribution in [3.8, 4) is 0 Å². The molecule has 3 N–H and O–H groups in total. The third-order valence-corrected chi connectivity index (χ3v) is 11.7. The van der Waals surface area contributed by atoms with Crippen LogP contribution in [0.15, 0.2) is 36.5 Å². The fourth-order valence-electron chi connectivity index (χ4n) is 7.77. The lowest BCUT2D eigenvalue weighted by Crippen LogP contribution is -2.46. The van der Waals surface area contributed by atoms with E-state index in [1.54, 1.807) is 0 Å². The number of aliphatic hydroxyl groups excluding tert-OH is 2. The molecule has 0 aliphatic heterocycles. The zero-order valence-electron chi connectivity index (χ0n) is 39.4. The van der Waals surface area contributed by atoms with Crippen molar-refractivity contribution in [2.75, 3.05) is 6.61 Å². The summed E-state index contributed by atoms with van der Waals surface area (Å²) in [5, 5.41) is 23.7. The summed E-state index contributed by atoms with van der Waals surface area (Å²) in [5.74, 6) is -0.507. The van der Waals surface area contributed by atoms with Gasteiger partial charge in [-0.15, -0.1) is 0 Å². The number of hydrogen-bond acceptors (Lipinski definition) is 5. The first kappa shape index (κ1) is 57.1. The van der Waals surface area contributed by atoms with Gasteiger partial charge >= 0.3 is 5.97 Å². The highest BCUT2D eigenvalue weighted by Crippen LogP contribution is 2.17. The average molecular weight is 830 g/mol. The molecule has 3 unspecified atom stereocenters. The number of aliphatic hydroxyl groups is 2. The lowest BCUT2D eigenvalue weighted by atomic mass is 10.0. The maximum absolute atomic E-state index is 13.2. The minimum atomic E-state index is -0.791. The van der Waals surface area contributed by atoms with Crippen LogP contribution in [0.5, 0.6) is 0 Å². The molecule has 0 fully saturated rings. The van der Waals surface area contributed by atoms with Gasteiger partial charge in [-0.25, -0.2) is 0 Å². The molecule has 0 spiro atoms. The van der Waals surface area contributed by atoms with Crippen LogP contribution in [0.25, 0.3) is 0 Å². The highest BCUT2D eigenvalue weighted by atomic mass is 16.5. The monoisotopic (exact) mass is 830 g/mol. The molecule has 59 heavy (non-hydrogen) atoms. The van der Waals surface area contributed by atoms with Crippen LogP contribution in [0, 0.1) is 0 Å². The summed E-state index contributed by atoms with van der Waals surface area (Å²) in [5.41, 5.74) is 0. The summed E-state index contributed by atoms with van der Waals surface area (Å²) in [4.78, 5) is 26.1. The lowest BCUT2D eigenvalue weighted by molar-refractivity contribution is -0.151. The van der Waals surface area contributed by atoms with Crippen LogP contribution in [-0.4, -0.2) is 46.9 Å². The van der Waals surface area contributed by atoms with E-state index in [2.05, 4.69) is 62.5 Å². The highest BCUT2D eigenvalue weighted by molar-refractivity contribution is 5.77. The fourth-order valence-corrected chi connectivity index (χ4v) is 7.77. The molecule has 6 heteroatoms. The SMILES string of the molecule is CCCCCCCC/C=C/CCCCCCCC(CC(=O)NC(CO)C(O)CCCCCCCCCCC)OC(=O)CCCCC/C=C/C=C/CCCCCCCCC. The van der Waals surface area contributed by atoms with Crippen LogP contribution in [0.1, 0.15) is 265 Å². The maximum atomic E-state index is 13.2. The Morgan fingerprint density at radius 1 is 0.492 bits per heavy atom. The first-order valence-corrected chi connectivity index (χ1v) is 25.7. The molecule has 0 radical (unpaired) electrons. The fraction of sp³-hybridized carbons (Fsp3) is 0.849. The van der Waals surface area contributed by atoms with Crippen molar-refractivity contribution in [1.29, 1.82) is 0 Å². The normalized spacial score (nSPS) is 13.5. The van der Waals surface area contributed by atoms with E-state index in [-0.39, 0.29) is 24.9 Å². The van der Waals surface area contributed by atoms with E-state index in [4.69, 9.17) is 4.74 Å². The Morgan fingerprint density at radius 2 is 0.864 bits per heavy atom. The summed E-state index contributed by atoms with van der Waals surface area (Å²) >= 11 is 0. The van der Waals surface area contributed by atoms with E-state index >= 15 is 0 Å². The number of rotatable bonds is 46. The molecule has 0 saturated carbocycles. The molecule has 0 aromatic rings.